The summed E-state index contributed by atoms with van der Waals surface area (Å²) in [5, 5.41) is 0. The molecule has 1 aliphatic rings. The fraction of sp³-hybridized carbons (Fsp3) is 0.0312. The molecule has 0 N–H and O–H groups in total. The second-order valence-corrected chi connectivity index (χ2v) is 8.66. The fourth-order valence-corrected chi connectivity index (χ4v) is 4.20. The van der Waals surface area contributed by atoms with E-state index < -0.39 is 17.5 Å². The number of rotatable bonds is 7. The number of methoxy groups -OCH3 is 1. The van der Waals surface area contributed by atoms with Crippen LogP contribution in [0.1, 0.15) is 57.4 Å². The molecule has 7 nitrogen and oxygen atoms in total. The van der Waals surface area contributed by atoms with Crippen LogP contribution >= 0.6 is 0 Å². The molecule has 0 aliphatic heterocycles. The molecule has 0 amide bonds. The Balaban J connectivity index is 1.31. The minimum absolute atomic E-state index is 0.0448. The van der Waals surface area contributed by atoms with Gasteiger partial charge in [0.2, 0.25) is 11.6 Å². The fourth-order valence-electron chi connectivity index (χ4n) is 4.20. The molecule has 5 rings (SSSR count). The minimum Gasteiger partial charge on any atom is -0.493 e. The Morgan fingerprint density at radius 1 is 0.615 bits per heavy atom. The van der Waals surface area contributed by atoms with Crippen molar-refractivity contribution in [2.45, 2.75) is 0 Å². The Morgan fingerprint density at radius 2 is 1.15 bits per heavy atom. The first-order chi connectivity index (χ1) is 18.9. The summed E-state index contributed by atoms with van der Waals surface area (Å²) < 4.78 is 10.9. The summed E-state index contributed by atoms with van der Waals surface area (Å²) in [6.45, 7) is 0. The van der Waals surface area contributed by atoms with Crippen molar-refractivity contribution in [3.05, 3.63) is 136 Å². The minimum atomic E-state index is -0.704. The highest BCUT2D eigenvalue weighted by atomic mass is 16.6. The quantitative estimate of drug-likeness (QED) is 0.0804. The molecule has 4 aromatic carbocycles. The van der Waals surface area contributed by atoms with Gasteiger partial charge in [0.25, 0.3) is 0 Å². The van der Waals surface area contributed by atoms with Crippen LogP contribution in [-0.2, 0) is 0 Å². The summed E-state index contributed by atoms with van der Waals surface area (Å²) in [4.78, 5) is 63.1. The number of ether oxygens (including phenoxy) is 2. The van der Waals surface area contributed by atoms with Gasteiger partial charge in [-0.1, -0.05) is 72.8 Å². The topological polar surface area (TPSA) is 104 Å². The third kappa shape index (κ3) is 4.93. The van der Waals surface area contributed by atoms with Crippen molar-refractivity contribution in [2.75, 3.05) is 7.11 Å². The first-order valence-corrected chi connectivity index (χ1v) is 11.9. The predicted octanol–water partition coefficient (Wildman–Crippen LogP) is 5.44. The molecular formula is C32H20O7. The molecule has 4 aromatic rings. The Labute approximate surface area is 223 Å². The van der Waals surface area contributed by atoms with Crippen molar-refractivity contribution in [1.82, 2.24) is 0 Å². The van der Waals surface area contributed by atoms with Crippen LogP contribution in [0.25, 0.3) is 6.08 Å². The van der Waals surface area contributed by atoms with Gasteiger partial charge in [-0.25, -0.2) is 4.79 Å². The summed E-state index contributed by atoms with van der Waals surface area (Å²) in [6, 6.07) is 25.1. The molecule has 0 unspecified atom stereocenters. The van der Waals surface area contributed by atoms with Crippen LogP contribution in [0, 0.1) is 0 Å². The smallest absolute Gasteiger partial charge is 0.343 e. The highest BCUT2D eigenvalue weighted by molar-refractivity contribution is 6.49. The molecule has 190 valence electrons. The van der Waals surface area contributed by atoms with Gasteiger partial charge < -0.3 is 9.47 Å². The average molecular weight is 517 g/mol. The number of benzene rings is 4. The molecule has 7 heteroatoms. The Morgan fingerprint density at radius 3 is 1.74 bits per heavy atom. The molecule has 0 heterocycles. The molecule has 0 radical (unpaired) electrons. The molecule has 1 aliphatic carbocycles. The van der Waals surface area contributed by atoms with Gasteiger partial charge in [-0.3, -0.25) is 19.2 Å². The van der Waals surface area contributed by atoms with Crippen LogP contribution in [0.5, 0.6) is 11.5 Å². The molecule has 0 saturated heterocycles. The molecule has 0 atom stereocenters. The number of carbonyl (C=O) groups excluding carboxylic acids is 5. The van der Waals surface area contributed by atoms with Crippen molar-refractivity contribution in [3.63, 3.8) is 0 Å². The van der Waals surface area contributed by atoms with E-state index in [2.05, 4.69) is 0 Å². The van der Waals surface area contributed by atoms with E-state index in [1.807, 2.05) is 0 Å². The van der Waals surface area contributed by atoms with Crippen molar-refractivity contribution in [3.8, 4) is 11.5 Å². The van der Waals surface area contributed by atoms with Gasteiger partial charge in [-0.2, -0.15) is 0 Å². The molecular weight excluding hydrogens is 496 g/mol. The number of allylic oxidation sites excluding steroid dienone is 1. The predicted molar refractivity (Wildman–Crippen MR) is 143 cm³/mol. The van der Waals surface area contributed by atoms with Crippen molar-refractivity contribution in [1.29, 1.82) is 0 Å². The van der Waals surface area contributed by atoms with Gasteiger partial charge in [-0.05, 0) is 35.9 Å². The Bertz CT molecular complexity index is 1640. The van der Waals surface area contributed by atoms with Gasteiger partial charge in [-0.15, -0.1) is 0 Å². The van der Waals surface area contributed by atoms with E-state index >= 15 is 0 Å². The molecule has 0 bridgehead atoms. The summed E-state index contributed by atoms with van der Waals surface area (Å²) in [5.41, 5.74) is 1.88. The molecule has 39 heavy (non-hydrogen) atoms. The van der Waals surface area contributed by atoms with E-state index in [1.165, 1.54) is 43.5 Å². The standard InChI is InChI=1S/C32H20O7/c1-38-27-18-19(17-25-30(35)23-9-5-6-10-24(23)31(25)36)11-16-26(27)39-32(37)22-14-12-21(13-15-22)29(34)28(33)20-7-3-2-4-8-20/h2-18H,1H3. The van der Waals surface area contributed by atoms with Crippen LogP contribution in [0.3, 0.4) is 0 Å². The zero-order valence-electron chi connectivity index (χ0n) is 20.7. The highest BCUT2D eigenvalue weighted by Crippen LogP contribution is 2.32. The maximum absolute atomic E-state index is 12.8. The summed E-state index contributed by atoms with van der Waals surface area (Å²) >= 11 is 0. The SMILES string of the molecule is COc1cc(C=C2C(=O)c3ccccc3C2=O)ccc1OC(=O)c1ccc(C(=O)C(=O)c2ccccc2)cc1. The zero-order chi connectivity index (χ0) is 27.5. The number of Topliss-reactive ketones (excluding diaryl/α,β-unsaturated/α-hetero) is 4. The molecule has 0 spiro atoms. The lowest BCUT2D eigenvalue weighted by Crippen LogP contribution is -2.15. The second kappa shape index (κ2) is 10.5. The van der Waals surface area contributed by atoms with E-state index in [0.717, 1.165) is 0 Å². The first-order valence-electron chi connectivity index (χ1n) is 11.9. The van der Waals surface area contributed by atoms with E-state index in [4.69, 9.17) is 9.47 Å². The number of esters is 1. The monoisotopic (exact) mass is 516 g/mol. The van der Waals surface area contributed by atoms with Crippen molar-refractivity contribution >= 4 is 35.2 Å². The van der Waals surface area contributed by atoms with Crippen LogP contribution in [-0.4, -0.2) is 36.2 Å². The molecule has 0 fully saturated rings. The summed E-state index contributed by atoms with van der Waals surface area (Å²) in [5.74, 6) is -2.39. The third-order valence-electron chi connectivity index (χ3n) is 6.23. The van der Waals surface area contributed by atoms with Gasteiger partial charge in [0.05, 0.1) is 18.2 Å². The van der Waals surface area contributed by atoms with E-state index in [-0.39, 0.29) is 45.3 Å². The molecule has 0 saturated carbocycles. The summed E-state index contributed by atoms with van der Waals surface area (Å²) in [6.07, 6.45) is 1.48. The highest BCUT2D eigenvalue weighted by Gasteiger charge is 2.32. The van der Waals surface area contributed by atoms with Gasteiger partial charge in [0, 0.05) is 22.3 Å². The van der Waals surface area contributed by atoms with E-state index in [9.17, 15) is 24.0 Å². The van der Waals surface area contributed by atoms with Gasteiger partial charge >= 0.3 is 5.97 Å². The van der Waals surface area contributed by atoms with E-state index in [0.29, 0.717) is 16.7 Å². The van der Waals surface area contributed by atoms with Crippen LogP contribution in [0.15, 0.2) is 103 Å². The second-order valence-electron chi connectivity index (χ2n) is 8.66. The third-order valence-corrected chi connectivity index (χ3v) is 6.23. The first kappa shape index (κ1) is 25.2. The lowest BCUT2D eigenvalue weighted by molar-refractivity contribution is 0.0729. The lowest BCUT2D eigenvalue weighted by atomic mass is 10.0. The number of hydrogen-bond donors (Lipinski definition) is 0. The number of fused-ring (bicyclic) bond motifs is 1. The summed E-state index contributed by atoms with van der Waals surface area (Å²) in [7, 11) is 1.40. The maximum atomic E-state index is 12.8. The van der Waals surface area contributed by atoms with Crippen molar-refractivity contribution in [2.24, 2.45) is 0 Å². The van der Waals surface area contributed by atoms with E-state index in [1.54, 1.807) is 66.7 Å². The van der Waals surface area contributed by atoms with Gasteiger partial charge in [0.1, 0.15) is 0 Å². The number of hydrogen-bond acceptors (Lipinski definition) is 7. The van der Waals surface area contributed by atoms with Crippen LogP contribution in [0.4, 0.5) is 0 Å². The maximum Gasteiger partial charge on any atom is 0.343 e. The normalized spacial score (nSPS) is 12.1. The number of carbonyl (C=O) groups is 5. The van der Waals surface area contributed by atoms with Crippen LogP contribution in [0.2, 0.25) is 0 Å². The largest absolute Gasteiger partial charge is 0.493 e. The lowest BCUT2D eigenvalue weighted by Gasteiger charge is -2.10. The van der Waals surface area contributed by atoms with Crippen LogP contribution < -0.4 is 9.47 Å². The average Bonchev–Trinajstić information content (AvgIpc) is 3.22. The van der Waals surface area contributed by atoms with Gasteiger partial charge in [0.15, 0.2) is 23.1 Å². The van der Waals surface area contributed by atoms with Crippen molar-refractivity contribution < 1.29 is 33.4 Å². The number of ketones is 4. The Kier molecular flexibility index (Phi) is 6.80. The molecule has 0 aromatic heterocycles. The Hall–Kier alpha value is -5.43. The zero-order valence-corrected chi connectivity index (χ0v) is 20.7.